The molecule has 1 fully saturated rings. The summed E-state index contributed by atoms with van der Waals surface area (Å²) in [4.78, 5) is 0. The van der Waals surface area contributed by atoms with E-state index in [4.69, 9.17) is 1.37 Å². The first-order valence-corrected chi connectivity index (χ1v) is 2.97. The van der Waals surface area contributed by atoms with Crippen molar-refractivity contribution in [2.45, 2.75) is 19.2 Å². The van der Waals surface area contributed by atoms with Gasteiger partial charge in [0.2, 0.25) is 0 Å². The summed E-state index contributed by atoms with van der Waals surface area (Å²) < 4.78 is 7.47. The van der Waals surface area contributed by atoms with Gasteiger partial charge in [-0.1, -0.05) is 12.2 Å². The van der Waals surface area contributed by atoms with Crippen LogP contribution in [-0.2, 0) is 0 Å². The van der Waals surface area contributed by atoms with Crippen LogP contribution in [0.1, 0.15) is 20.6 Å². The van der Waals surface area contributed by atoms with Gasteiger partial charge in [0, 0.05) is 1.37 Å². The van der Waals surface area contributed by atoms with E-state index in [2.05, 4.69) is 12.2 Å². The van der Waals surface area contributed by atoms with Gasteiger partial charge in [0.1, 0.15) is 0 Å². The lowest BCUT2D eigenvalue weighted by Gasteiger charge is -1.96. The van der Waals surface area contributed by atoms with Gasteiger partial charge in [-0.15, -0.1) is 0 Å². The second-order valence-corrected chi connectivity index (χ2v) is 2.52. The standard InChI is InChI=1S/C7H10/c1-2-7-4-3-6(1)5-7/h1-2,6-7H,3-5H2/i3D. The average molecular weight is 95.2 g/mol. The molecule has 0 spiro atoms. The largest absolute Gasteiger partial charge is 0.0851 e. The summed E-state index contributed by atoms with van der Waals surface area (Å²) in [6.45, 7) is 0. The minimum Gasteiger partial charge on any atom is -0.0851 e. The zero-order valence-electron chi connectivity index (χ0n) is 5.30. The predicted octanol–water partition coefficient (Wildman–Crippen LogP) is 1.97. The van der Waals surface area contributed by atoms with Crippen LogP contribution < -0.4 is 0 Å². The van der Waals surface area contributed by atoms with Gasteiger partial charge in [-0.25, -0.2) is 0 Å². The fourth-order valence-electron chi connectivity index (χ4n) is 1.51. The molecule has 0 N–H and O–H groups in total. The van der Waals surface area contributed by atoms with E-state index in [9.17, 15) is 0 Å². The molecular weight excluding hydrogens is 84.1 g/mol. The number of allylic oxidation sites excluding steroid dienone is 2. The van der Waals surface area contributed by atoms with E-state index in [1.54, 1.807) is 0 Å². The van der Waals surface area contributed by atoms with Gasteiger partial charge in [-0.3, -0.25) is 0 Å². The van der Waals surface area contributed by atoms with Crippen molar-refractivity contribution in [3.8, 4) is 0 Å². The normalized spacial score (nSPS) is 58.3. The zero-order chi connectivity index (χ0) is 5.56. The molecule has 2 aliphatic carbocycles. The second kappa shape index (κ2) is 1.12. The lowest BCUT2D eigenvalue weighted by atomic mass is 10.1. The maximum absolute atomic E-state index is 7.47. The lowest BCUT2D eigenvalue weighted by molar-refractivity contribution is 0.691. The molecule has 0 aromatic carbocycles. The minimum atomic E-state index is 0.241. The molecule has 2 rings (SSSR count). The Morgan fingerprint density at radius 1 is 1.43 bits per heavy atom. The van der Waals surface area contributed by atoms with Crippen molar-refractivity contribution < 1.29 is 1.37 Å². The molecule has 1 saturated carbocycles. The van der Waals surface area contributed by atoms with Crippen LogP contribution in [-0.4, -0.2) is 0 Å². The molecule has 0 aliphatic heterocycles. The van der Waals surface area contributed by atoms with Crippen molar-refractivity contribution in [1.29, 1.82) is 0 Å². The molecule has 3 atom stereocenters. The predicted molar refractivity (Wildman–Crippen MR) is 30.0 cm³/mol. The highest BCUT2D eigenvalue weighted by Gasteiger charge is 2.25. The van der Waals surface area contributed by atoms with Crippen molar-refractivity contribution in [2.24, 2.45) is 11.8 Å². The summed E-state index contributed by atoms with van der Waals surface area (Å²) in [7, 11) is 0. The first-order chi connectivity index (χ1) is 3.86. The van der Waals surface area contributed by atoms with E-state index < -0.39 is 0 Å². The van der Waals surface area contributed by atoms with Gasteiger partial charge >= 0.3 is 0 Å². The van der Waals surface area contributed by atoms with Crippen molar-refractivity contribution in [1.82, 2.24) is 0 Å². The lowest BCUT2D eigenvalue weighted by Crippen LogP contribution is -1.82. The molecule has 0 radical (unpaired) electrons. The minimum absolute atomic E-state index is 0.241. The molecule has 3 unspecified atom stereocenters. The molecule has 0 heterocycles. The fraction of sp³-hybridized carbons (Fsp3) is 0.714. The van der Waals surface area contributed by atoms with Gasteiger partial charge in [0.05, 0.1) is 0 Å². The number of hydrogen-bond donors (Lipinski definition) is 0. The summed E-state index contributed by atoms with van der Waals surface area (Å²) in [6.07, 6.45) is 7.13. The van der Waals surface area contributed by atoms with Crippen LogP contribution in [0, 0.1) is 11.8 Å². The van der Waals surface area contributed by atoms with Crippen molar-refractivity contribution >= 4 is 0 Å². The highest BCUT2D eigenvalue weighted by Crippen LogP contribution is 2.38. The molecule has 0 heteroatoms. The summed E-state index contributed by atoms with van der Waals surface area (Å²) in [5, 5.41) is 0. The van der Waals surface area contributed by atoms with E-state index in [1.807, 2.05) is 0 Å². The molecule has 0 aromatic heterocycles. The Labute approximate surface area is 45.6 Å². The molecule has 2 bridgehead atoms. The Bertz CT molecular complexity index is 128. The van der Waals surface area contributed by atoms with E-state index >= 15 is 0 Å². The molecule has 0 aromatic rings. The number of fused-ring (bicyclic) bond motifs is 2. The monoisotopic (exact) mass is 95.1 g/mol. The maximum Gasteiger partial charge on any atom is 0.0273 e. The Morgan fingerprint density at radius 3 is 2.57 bits per heavy atom. The molecule has 38 valence electrons. The molecule has 2 aliphatic rings. The molecule has 0 nitrogen and oxygen atoms in total. The van der Waals surface area contributed by atoms with Crippen LogP contribution in [0.25, 0.3) is 0 Å². The van der Waals surface area contributed by atoms with Gasteiger partial charge < -0.3 is 0 Å². The molecule has 7 heavy (non-hydrogen) atoms. The van der Waals surface area contributed by atoms with Crippen molar-refractivity contribution in [3.63, 3.8) is 0 Å². The van der Waals surface area contributed by atoms with E-state index in [0.717, 1.165) is 12.3 Å². The summed E-state index contributed by atoms with van der Waals surface area (Å²) in [5.41, 5.74) is 0. The fourth-order valence-corrected chi connectivity index (χ4v) is 1.51. The van der Waals surface area contributed by atoms with Gasteiger partial charge in [0.15, 0.2) is 0 Å². The zero-order valence-corrected chi connectivity index (χ0v) is 4.30. The van der Waals surface area contributed by atoms with E-state index in [1.165, 1.54) is 6.42 Å². The smallest absolute Gasteiger partial charge is 0.0273 e. The molecule has 0 amide bonds. The van der Waals surface area contributed by atoms with Crippen LogP contribution >= 0.6 is 0 Å². The number of rotatable bonds is 0. The maximum atomic E-state index is 7.47. The van der Waals surface area contributed by atoms with Crippen LogP contribution in [0.2, 0.25) is 0 Å². The van der Waals surface area contributed by atoms with E-state index in [-0.39, 0.29) is 6.40 Å². The first kappa shape index (κ1) is 2.91. The topological polar surface area (TPSA) is 0 Å². The van der Waals surface area contributed by atoms with Crippen molar-refractivity contribution in [2.75, 3.05) is 0 Å². The first-order valence-electron chi connectivity index (χ1n) is 3.54. The Balaban J connectivity index is 2.23. The molecule has 0 saturated heterocycles. The van der Waals surface area contributed by atoms with Gasteiger partial charge in [-0.05, 0) is 31.1 Å². The Kier molecular flexibility index (Phi) is 0.464. The van der Waals surface area contributed by atoms with Crippen LogP contribution in [0.15, 0.2) is 12.2 Å². The van der Waals surface area contributed by atoms with Crippen molar-refractivity contribution in [3.05, 3.63) is 12.2 Å². The highest BCUT2D eigenvalue weighted by molar-refractivity contribution is 5.06. The highest BCUT2D eigenvalue weighted by atomic mass is 14.3. The Morgan fingerprint density at radius 2 is 2.29 bits per heavy atom. The summed E-state index contributed by atoms with van der Waals surface area (Å²) in [6, 6.07) is 0. The van der Waals surface area contributed by atoms with Gasteiger partial charge in [-0.2, -0.15) is 0 Å². The third kappa shape index (κ3) is 0.425. The average Bonchev–Trinajstić information content (AvgIpc) is 2.23. The summed E-state index contributed by atoms with van der Waals surface area (Å²) >= 11 is 0. The van der Waals surface area contributed by atoms with Crippen LogP contribution in [0.4, 0.5) is 0 Å². The number of hydrogen-bond acceptors (Lipinski definition) is 0. The Hall–Kier alpha value is -0.260. The quantitative estimate of drug-likeness (QED) is 0.403. The van der Waals surface area contributed by atoms with Gasteiger partial charge in [0.25, 0.3) is 0 Å². The molecular formula is C7H10. The summed E-state index contributed by atoms with van der Waals surface area (Å²) in [5.74, 6) is 1.41. The SMILES string of the molecule is [2H]C1CC2C=CC1C2. The van der Waals surface area contributed by atoms with E-state index in [0.29, 0.717) is 5.92 Å². The second-order valence-electron chi connectivity index (χ2n) is 2.52. The third-order valence-corrected chi connectivity index (χ3v) is 1.95. The third-order valence-electron chi connectivity index (χ3n) is 1.95. The van der Waals surface area contributed by atoms with Crippen LogP contribution in [0.3, 0.4) is 0 Å². The van der Waals surface area contributed by atoms with Crippen LogP contribution in [0.5, 0.6) is 0 Å².